The van der Waals surface area contributed by atoms with Crippen molar-refractivity contribution in [2.75, 3.05) is 16.2 Å². The fourth-order valence-corrected chi connectivity index (χ4v) is 5.49. The van der Waals surface area contributed by atoms with E-state index < -0.39 is 22.5 Å². The number of anilines is 2. The van der Waals surface area contributed by atoms with E-state index in [4.69, 9.17) is 9.47 Å². The van der Waals surface area contributed by atoms with Crippen molar-refractivity contribution in [3.8, 4) is 17.2 Å². The summed E-state index contributed by atoms with van der Waals surface area (Å²) in [4.78, 5) is 13.2. The van der Waals surface area contributed by atoms with Crippen LogP contribution in [0.25, 0.3) is 0 Å². The normalized spacial score (nSPS) is 10.9. The van der Waals surface area contributed by atoms with Gasteiger partial charge in [-0.05, 0) is 78.4 Å². The number of hydrogen-bond donors (Lipinski definition) is 1. The van der Waals surface area contributed by atoms with Crippen LogP contribution in [-0.2, 0) is 21.4 Å². The van der Waals surface area contributed by atoms with Gasteiger partial charge in [0.2, 0.25) is 5.91 Å². The summed E-state index contributed by atoms with van der Waals surface area (Å²) in [5.74, 6) is 1.35. The largest absolute Gasteiger partial charge is 0.489 e. The first-order chi connectivity index (χ1) is 20.0. The van der Waals surface area contributed by atoms with Gasteiger partial charge in [0.1, 0.15) is 30.4 Å². The van der Waals surface area contributed by atoms with E-state index in [1.165, 1.54) is 12.1 Å². The molecule has 5 aromatic carbocycles. The molecule has 0 fully saturated rings. The lowest BCUT2D eigenvalue weighted by molar-refractivity contribution is -0.114. The maximum atomic E-state index is 13.6. The summed E-state index contributed by atoms with van der Waals surface area (Å²) in [6, 6.07) is 40.6. The van der Waals surface area contributed by atoms with Crippen LogP contribution in [0.4, 0.5) is 11.4 Å². The third kappa shape index (κ3) is 7.32. The van der Waals surface area contributed by atoms with Crippen LogP contribution in [0.1, 0.15) is 5.56 Å². The molecule has 0 radical (unpaired) electrons. The Morgan fingerprint density at radius 1 is 0.634 bits per heavy atom. The number of para-hydroxylation sites is 1. The molecule has 0 saturated heterocycles. The monoisotopic (exact) mass is 564 g/mol. The van der Waals surface area contributed by atoms with E-state index in [2.05, 4.69) is 5.32 Å². The summed E-state index contributed by atoms with van der Waals surface area (Å²) in [6.45, 7) is -0.00357. The highest BCUT2D eigenvalue weighted by Gasteiger charge is 2.27. The van der Waals surface area contributed by atoms with Crippen LogP contribution in [0.3, 0.4) is 0 Å². The second kappa shape index (κ2) is 12.8. The number of hydrogen-bond acceptors (Lipinski definition) is 5. The highest BCUT2D eigenvalue weighted by Crippen LogP contribution is 2.28. The van der Waals surface area contributed by atoms with Gasteiger partial charge in [0.15, 0.2) is 0 Å². The van der Waals surface area contributed by atoms with E-state index in [0.717, 1.165) is 9.87 Å². The fourth-order valence-electron chi connectivity index (χ4n) is 4.05. The third-order valence-corrected chi connectivity index (χ3v) is 7.90. The minimum Gasteiger partial charge on any atom is -0.489 e. The number of benzene rings is 5. The molecule has 1 amide bonds. The molecule has 8 heteroatoms. The van der Waals surface area contributed by atoms with Crippen molar-refractivity contribution in [1.82, 2.24) is 0 Å². The van der Waals surface area contributed by atoms with Crippen molar-refractivity contribution in [3.63, 3.8) is 0 Å². The lowest BCUT2D eigenvalue weighted by Crippen LogP contribution is -2.38. The van der Waals surface area contributed by atoms with Gasteiger partial charge in [-0.2, -0.15) is 0 Å². The van der Waals surface area contributed by atoms with Crippen LogP contribution in [0.15, 0.2) is 144 Å². The summed E-state index contributed by atoms with van der Waals surface area (Å²) in [6.07, 6.45) is 0. The fraction of sp³-hybridized carbons (Fsp3) is 0.0606. The van der Waals surface area contributed by atoms with Gasteiger partial charge < -0.3 is 14.8 Å². The topological polar surface area (TPSA) is 84.9 Å². The number of ether oxygens (including phenoxy) is 2. The van der Waals surface area contributed by atoms with Crippen molar-refractivity contribution in [2.24, 2.45) is 0 Å². The molecule has 0 unspecified atom stereocenters. The van der Waals surface area contributed by atoms with Gasteiger partial charge in [0, 0.05) is 5.69 Å². The first kappa shape index (κ1) is 27.5. The first-order valence-electron chi connectivity index (χ1n) is 12.9. The molecule has 0 aliphatic heterocycles. The zero-order valence-corrected chi connectivity index (χ0v) is 22.9. The van der Waals surface area contributed by atoms with Crippen molar-refractivity contribution >= 4 is 27.3 Å². The van der Waals surface area contributed by atoms with Gasteiger partial charge in [-0.1, -0.05) is 66.7 Å². The number of sulfonamides is 1. The van der Waals surface area contributed by atoms with Crippen LogP contribution >= 0.6 is 0 Å². The lowest BCUT2D eigenvalue weighted by Gasteiger charge is -2.24. The van der Waals surface area contributed by atoms with Crippen molar-refractivity contribution in [1.29, 1.82) is 0 Å². The second-order valence-electron chi connectivity index (χ2n) is 9.08. The molecule has 41 heavy (non-hydrogen) atoms. The predicted molar refractivity (Wildman–Crippen MR) is 160 cm³/mol. The Labute approximate surface area is 239 Å². The molecular weight excluding hydrogens is 536 g/mol. The summed E-state index contributed by atoms with van der Waals surface area (Å²) in [5.41, 5.74) is 1.89. The van der Waals surface area contributed by atoms with E-state index in [-0.39, 0.29) is 4.90 Å². The Morgan fingerprint density at radius 3 is 1.80 bits per heavy atom. The molecule has 0 atom stereocenters. The van der Waals surface area contributed by atoms with Crippen LogP contribution in [0.5, 0.6) is 17.2 Å². The highest BCUT2D eigenvalue weighted by atomic mass is 32.2. The Hall–Kier alpha value is -5.08. The van der Waals surface area contributed by atoms with Gasteiger partial charge in [-0.15, -0.1) is 0 Å². The Balaban J connectivity index is 1.30. The van der Waals surface area contributed by atoms with E-state index in [9.17, 15) is 13.2 Å². The highest BCUT2D eigenvalue weighted by molar-refractivity contribution is 7.92. The quantitative estimate of drug-likeness (QED) is 0.189. The van der Waals surface area contributed by atoms with E-state index >= 15 is 0 Å². The van der Waals surface area contributed by atoms with E-state index in [1.54, 1.807) is 66.7 Å². The molecule has 7 nitrogen and oxygen atoms in total. The molecule has 0 aliphatic carbocycles. The molecule has 5 aromatic rings. The third-order valence-electron chi connectivity index (χ3n) is 6.11. The van der Waals surface area contributed by atoms with Gasteiger partial charge in [-0.25, -0.2) is 8.42 Å². The van der Waals surface area contributed by atoms with E-state index in [0.29, 0.717) is 35.2 Å². The van der Waals surface area contributed by atoms with Crippen LogP contribution in [-0.4, -0.2) is 20.9 Å². The molecular formula is C33H28N2O5S. The lowest BCUT2D eigenvalue weighted by atomic mass is 10.2. The maximum Gasteiger partial charge on any atom is 0.264 e. The van der Waals surface area contributed by atoms with Crippen molar-refractivity contribution < 1.29 is 22.7 Å². The molecule has 0 saturated carbocycles. The minimum absolute atomic E-state index is 0.0809. The predicted octanol–water partition coefficient (Wildman–Crippen LogP) is 6.89. The molecule has 5 rings (SSSR count). The maximum absolute atomic E-state index is 13.6. The van der Waals surface area contributed by atoms with Crippen molar-refractivity contribution in [3.05, 3.63) is 145 Å². The average Bonchev–Trinajstić information content (AvgIpc) is 3.01. The number of nitrogens with zero attached hydrogens (tertiary/aromatic N) is 1. The van der Waals surface area contributed by atoms with Gasteiger partial charge in [0.05, 0.1) is 10.6 Å². The summed E-state index contributed by atoms with van der Waals surface area (Å²) >= 11 is 0. The molecule has 206 valence electrons. The molecule has 0 bridgehead atoms. The summed E-state index contributed by atoms with van der Waals surface area (Å²) < 4.78 is 40.0. The number of amides is 1. The van der Waals surface area contributed by atoms with Crippen LogP contribution < -0.4 is 19.1 Å². The van der Waals surface area contributed by atoms with Gasteiger partial charge in [0.25, 0.3) is 10.0 Å². The summed E-state index contributed by atoms with van der Waals surface area (Å²) in [5, 5.41) is 2.79. The summed E-state index contributed by atoms with van der Waals surface area (Å²) in [7, 11) is -4.04. The standard InChI is InChI=1S/C33H28N2O5S/c36-33(34-27-16-20-29(21-17-27)39-25-26-10-4-1-5-11-26)24-35(41(37,38)32-14-8-3-9-15-32)28-18-22-31(23-19-28)40-30-12-6-2-7-13-30/h1-23H,24-25H2,(H,34,36). The Morgan fingerprint density at radius 2 is 1.17 bits per heavy atom. The Bertz CT molecular complexity index is 1660. The molecule has 0 spiro atoms. The number of carbonyl (C=O) groups is 1. The van der Waals surface area contributed by atoms with Crippen LogP contribution in [0, 0.1) is 0 Å². The molecule has 0 heterocycles. The molecule has 0 aliphatic rings. The van der Waals surface area contributed by atoms with Gasteiger partial charge in [-0.3, -0.25) is 9.10 Å². The number of carbonyl (C=O) groups excluding carboxylic acids is 1. The van der Waals surface area contributed by atoms with Crippen LogP contribution in [0.2, 0.25) is 0 Å². The van der Waals surface area contributed by atoms with Crippen molar-refractivity contribution in [2.45, 2.75) is 11.5 Å². The number of rotatable bonds is 11. The second-order valence-corrected chi connectivity index (χ2v) is 10.9. The molecule has 0 aromatic heterocycles. The first-order valence-corrected chi connectivity index (χ1v) is 14.4. The Kier molecular flexibility index (Phi) is 8.61. The zero-order chi connectivity index (χ0) is 28.5. The average molecular weight is 565 g/mol. The van der Waals surface area contributed by atoms with Gasteiger partial charge >= 0.3 is 0 Å². The van der Waals surface area contributed by atoms with E-state index in [1.807, 2.05) is 60.7 Å². The smallest absolute Gasteiger partial charge is 0.264 e. The molecule has 1 N–H and O–H groups in total. The zero-order valence-electron chi connectivity index (χ0n) is 22.1. The minimum atomic E-state index is -4.04. The number of nitrogens with one attached hydrogen (secondary N) is 1. The SMILES string of the molecule is O=C(CN(c1ccc(Oc2ccccc2)cc1)S(=O)(=O)c1ccccc1)Nc1ccc(OCc2ccccc2)cc1.